The van der Waals surface area contributed by atoms with Gasteiger partial charge in [0.05, 0.1) is 24.3 Å². The third kappa shape index (κ3) is 8.16. The number of para-hydroxylation sites is 1. The van der Waals surface area contributed by atoms with E-state index in [0.29, 0.717) is 29.5 Å². The number of amides is 2. The highest BCUT2D eigenvalue weighted by atomic mass is 16.5. The van der Waals surface area contributed by atoms with Crippen molar-refractivity contribution >= 4 is 29.2 Å². The molecule has 0 aliphatic rings. The first-order chi connectivity index (χ1) is 18.9. The number of hydrogen-bond donors (Lipinski definition) is 3. The van der Waals surface area contributed by atoms with Gasteiger partial charge in [0, 0.05) is 31.3 Å². The van der Waals surface area contributed by atoms with Crippen molar-refractivity contribution in [1.29, 1.82) is 0 Å². The van der Waals surface area contributed by atoms with Crippen molar-refractivity contribution < 1.29 is 29.0 Å². The number of hydrogen-bond acceptors (Lipinski definition) is 6. The van der Waals surface area contributed by atoms with Crippen molar-refractivity contribution in [2.45, 2.75) is 19.8 Å². The summed E-state index contributed by atoms with van der Waals surface area (Å²) >= 11 is 0. The van der Waals surface area contributed by atoms with Gasteiger partial charge in [-0.05, 0) is 59.7 Å². The predicted molar refractivity (Wildman–Crippen MR) is 146 cm³/mol. The lowest BCUT2D eigenvalue weighted by molar-refractivity contribution is -0.116. The van der Waals surface area contributed by atoms with Crippen LogP contribution in [0.2, 0.25) is 0 Å². The summed E-state index contributed by atoms with van der Waals surface area (Å²) < 4.78 is 11.6. The normalized spacial score (nSPS) is 10.4. The zero-order valence-electron chi connectivity index (χ0n) is 21.2. The summed E-state index contributed by atoms with van der Waals surface area (Å²) in [6.07, 6.45) is 2.30. The molecule has 1 heterocycles. The molecule has 0 saturated carbocycles. The van der Waals surface area contributed by atoms with E-state index in [9.17, 15) is 19.5 Å². The number of aromatic nitrogens is 1. The number of ether oxygens (including phenoxy) is 2. The van der Waals surface area contributed by atoms with Gasteiger partial charge in [-0.2, -0.15) is 0 Å². The van der Waals surface area contributed by atoms with E-state index >= 15 is 0 Å². The molecule has 0 fully saturated rings. The van der Waals surface area contributed by atoms with E-state index in [0.717, 1.165) is 17.7 Å². The molecular weight excluding hydrogens is 498 g/mol. The Hall–Kier alpha value is -5.18. The fourth-order valence-corrected chi connectivity index (χ4v) is 3.70. The molecule has 0 bridgehead atoms. The van der Waals surface area contributed by atoms with Gasteiger partial charge in [0.15, 0.2) is 0 Å². The maximum absolute atomic E-state index is 12.4. The highest BCUT2D eigenvalue weighted by Gasteiger charge is 2.12. The molecule has 0 aliphatic heterocycles. The summed E-state index contributed by atoms with van der Waals surface area (Å²) in [4.78, 5) is 39.1. The van der Waals surface area contributed by atoms with E-state index in [2.05, 4.69) is 15.6 Å². The van der Waals surface area contributed by atoms with Gasteiger partial charge in [-0.25, -0.2) is 9.78 Å². The summed E-state index contributed by atoms with van der Waals surface area (Å²) in [6, 6.07) is 24.4. The van der Waals surface area contributed by atoms with E-state index in [1.165, 1.54) is 19.2 Å². The molecule has 2 amide bonds. The third-order valence-electron chi connectivity index (χ3n) is 5.57. The molecule has 0 atom stereocenters. The van der Waals surface area contributed by atoms with Gasteiger partial charge in [0.25, 0.3) is 0 Å². The van der Waals surface area contributed by atoms with Crippen molar-refractivity contribution in [3.05, 3.63) is 108 Å². The number of carbonyl (C=O) groups is 3. The van der Waals surface area contributed by atoms with Gasteiger partial charge in [-0.3, -0.25) is 9.59 Å². The maximum Gasteiger partial charge on any atom is 0.337 e. The Morgan fingerprint density at radius 3 is 2.18 bits per heavy atom. The van der Waals surface area contributed by atoms with E-state index in [4.69, 9.17) is 9.47 Å². The summed E-state index contributed by atoms with van der Waals surface area (Å²) in [7, 11) is 0. The standard InChI is InChI=1S/C30H27N3O6/c1-20(34)32-23-9-6-21(7-10-23)16-17-38-24-11-13-25(14-12-24)39-29-15-8-22(19-31-29)18-28(35)33-27-5-3-2-4-26(27)30(36)37/h2-15,19H,16-18H2,1H3,(H,32,34)(H,33,35)(H,36,37). The number of carboxylic acids is 1. The highest BCUT2D eigenvalue weighted by Crippen LogP contribution is 2.23. The van der Waals surface area contributed by atoms with Crippen LogP contribution in [0, 0.1) is 0 Å². The second-order valence-electron chi connectivity index (χ2n) is 8.63. The van der Waals surface area contributed by atoms with Crippen molar-refractivity contribution in [1.82, 2.24) is 4.98 Å². The quantitative estimate of drug-likeness (QED) is 0.241. The van der Waals surface area contributed by atoms with Gasteiger partial charge in [-0.1, -0.05) is 30.3 Å². The summed E-state index contributed by atoms with van der Waals surface area (Å²) in [6.45, 7) is 1.97. The Balaban J connectivity index is 1.23. The lowest BCUT2D eigenvalue weighted by Crippen LogP contribution is -2.16. The maximum atomic E-state index is 12.4. The number of nitrogens with one attached hydrogen (secondary N) is 2. The van der Waals surface area contributed by atoms with Gasteiger partial charge < -0.3 is 25.2 Å². The minimum atomic E-state index is -1.11. The molecule has 9 nitrogen and oxygen atoms in total. The second kappa shape index (κ2) is 12.9. The summed E-state index contributed by atoms with van der Waals surface area (Å²) in [5, 5.41) is 14.6. The number of anilines is 2. The number of carboxylic acid groups (broad SMARTS) is 1. The van der Waals surface area contributed by atoms with E-state index in [-0.39, 0.29) is 29.5 Å². The first kappa shape index (κ1) is 26.9. The number of nitrogens with zero attached hydrogens (tertiary/aromatic N) is 1. The van der Waals surface area contributed by atoms with Crippen LogP contribution in [0.3, 0.4) is 0 Å². The average molecular weight is 526 g/mol. The highest BCUT2D eigenvalue weighted by molar-refractivity contribution is 6.01. The predicted octanol–water partition coefficient (Wildman–Crippen LogP) is 5.33. The molecule has 0 saturated heterocycles. The molecule has 198 valence electrons. The number of aromatic carboxylic acids is 1. The Bertz CT molecular complexity index is 1440. The third-order valence-corrected chi connectivity index (χ3v) is 5.57. The largest absolute Gasteiger partial charge is 0.493 e. The fourth-order valence-electron chi connectivity index (χ4n) is 3.70. The fraction of sp³-hybridized carbons (Fsp3) is 0.133. The minimum Gasteiger partial charge on any atom is -0.493 e. The van der Waals surface area contributed by atoms with Gasteiger partial charge in [-0.15, -0.1) is 0 Å². The molecule has 9 heteroatoms. The van der Waals surface area contributed by atoms with Gasteiger partial charge in [0.1, 0.15) is 11.5 Å². The van der Waals surface area contributed by atoms with Crippen LogP contribution in [0.5, 0.6) is 17.4 Å². The molecule has 0 spiro atoms. The topological polar surface area (TPSA) is 127 Å². The van der Waals surface area contributed by atoms with Crippen LogP contribution in [0.4, 0.5) is 11.4 Å². The SMILES string of the molecule is CC(=O)Nc1ccc(CCOc2ccc(Oc3ccc(CC(=O)Nc4ccccc4C(=O)O)cn3)cc2)cc1. The van der Waals surface area contributed by atoms with Crippen molar-refractivity contribution in [2.24, 2.45) is 0 Å². The van der Waals surface area contributed by atoms with Crippen LogP contribution >= 0.6 is 0 Å². The lowest BCUT2D eigenvalue weighted by atomic mass is 10.1. The van der Waals surface area contributed by atoms with Gasteiger partial charge in [0.2, 0.25) is 17.7 Å². The summed E-state index contributed by atoms with van der Waals surface area (Å²) in [5.41, 5.74) is 2.78. The molecule has 0 unspecified atom stereocenters. The van der Waals surface area contributed by atoms with Gasteiger partial charge >= 0.3 is 5.97 Å². The molecule has 3 N–H and O–H groups in total. The Morgan fingerprint density at radius 2 is 1.51 bits per heavy atom. The van der Waals surface area contributed by atoms with Crippen LogP contribution in [-0.4, -0.2) is 34.5 Å². The number of rotatable bonds is 11. The molecule has 39 heavy (non-hydrogen) atoms. The Morgan fingerprint density at radius 1 is 0.821 bits per heavy atom. The Labute approximate surface area is 225 Å². The summed E-state index contributed by atoms with van der Waals surface area (Å²) in [5.74, 6) is 0.0904. The smallest absolute Gasteiger partial charge is 0.337 e. The van der Waals surface area contributed by atoms with E-state index in [1.807, 2.05) is 36.4 Å². The Kier molecular flexibility index (Phi) is 8.87. The van der Waals surface area contributed by atoms with E-state index < -0.39 is 5.97 Å². The van der Waals surface area contributed by atoms with Crippen LogP contribution in [0.1, 0.15) is 28.4 Å². The van der Waals surface area contributed by atoms with Crippen LogP contribution in [-0.2, 0) is 22.4 Å². The van der Waals surface area contributed by atoms with Crippen LogP contribution < -0.4 is 20.1 Å². The number of pyridine rings is 1. The van der Waals surface area contributed by atoms with Crippen molar-refractivity contribution in [2.75, 3.05) is 17.2 Å². The molecule has 0 radical (unpaired) electrons. The van der Waals surface area contributed by atoms with Crippen LogP contribution in [0.15, 0.2) is 91.1 Å². The van der Waals surface area contributed by atoms with E-state index in [1.54, 1.807) is 42.5 Å². The zero-order chi connectivity index (χ0) is 27.6. The van der Waals surface area contributed by atoms with Crippen molar-refractivity contribution in [3.63, 3.8) is 0 Å². The second-order valence-corrected chi connectivity index (χ2v) is 8.63. The monoisotopic (exact) mass is 525 g/mol. The molecule has 4 rings (SSSR count). The molecule has 1 aromatic heterocycles. The van der Waals surface area contributed by atoms with Crippen LogP contribution in [0.25, 0.3) is 0 Å². The average Bonchev–Trinajstić information content (AvgIpc) is 2.91. The number of benzene rings is 3. The first-order valence-electron chi connectivity index (χ1n) is 12.2. The molecule has 0 aliphatic carbocycles. The molecular formula is C30H27N3O6. The minimum absolute atomic E-state index is 0.0265. The molecule has 4 aromatic rings. The lowest BCUT2D eigenvalue weighted by Gasteiger charge is -2.10. The zero-order valence-corrected chi connectivity index (χ0v) is 21.2. The molecule has 3 aromatic carbocycles. The number of carbonyl (C=O) groups excluding carboxylic acids is 2. The van der Waals surface area contributed by atoms with Crippen molar-refractivity contribution in [3.8, 4) is 17.4 Å². The first-order valence-corrected chi connectivity index (χ1v) is 12.2.